The third-order valence-corrected chi connectivity index (χ3v) is 3.41. The molecule has 2 aromatic heterocycles. The van der Waals surface area contributed by atoms with Crippen LogP contribution < -0.4 is 4.90 Å². The molecule has 19 heavy (non-hydrogen) atoms. The van der Waals surface area contributed by atoms with Gasteiger partial charge in [0.25, 0.3) is 0 Å². The Balaban J connectivity index is 1.82. The quantitative estimate of drug-likeness (QED) is 0.820. The van der Waals surface area contributed by atoms with Gasteiger partial charge in [-0.2, -0.15) is 10.4 Å². The number of hydrogen-bond acceptors (Lipinski definition) is 5. The van der Waals surface area contributed by atoms with Crippen LogP contribution in [0.15, 0.2) is 30.9 Å². The van der Waals surface area contributed by atoms with Crippen molar-refractivity contribution < 1.29 is 0 Å². The highest BCUT2D eigenvalue weighted by Gasteiger charge is 2.46. The van der Waals surface area contributed by atoms with E-state index in [0.29, 0.717) is 25.5 Å². The maximum Gasteiger partial charge on any atom is 0.225 e. The van der Waals surface area contributed by atoms with Gasteiger partial charge in [0.15, 0.2) is 0 Å². The van der Waals surface area contributed by atoms with Crippen molar-refractivity contribution in [1.29, 1.82) is 5.26 Å². The van der Waals surface area contributed by atoms with Crippen LogP contribution in [-0.2, 0) is 5.54 Å². The highest BCUT2D eigenvalue weighted by atomic mass is 15.4. The van der Waals surface area contributed by atoms with Gasteiger partial charge in [0.05, 0.1) is 18.7 Å². The molecule has 0 bridgehead atoms. The lowest BCUT2D eigenvalue weighted by Gasteiger charge is -2.48. The molecule has 0 N–H and O–H groups in total. The Kier molecular flexibility index (Phi) is 2.67. The highest BCUT2D eigenvalue weighted by molar-refractivity contribution is 5.37. The summed E-state index contributed by atoms with van der Waals surface area (Å²) in [6.07, 6.45) is 7.70. The summed E-state index contributed by atoms with van der Waals surface area (Å²) in [6.45, 7) is 3.43. The maximum absolute atomic E-state index is 9.05. The van der Waals surface area contributed by atoms with Gasteiger partial charge in [-0.25, -0.2) is 9.97 Å². The second-order valence-corrected chi connectivity index (χ2v) is 4.93. The lowest BCUT2D eigenvalue weighted by molar-refractivity contribution is 0.196. The van der Waals surface area contributed by atoms with Gasteiger partial charge in [-0.1, -0.05) is 0 Å². The van der Waals surface area contributed by atoms with Gasteiger partial charge >= 0.3 is 0 Å². The summed E-state index contributed by atoms with van der Waals surface area (Å²) in [5.74, 6) is 0.708. The van der Waals surface area contributed by atoms with E-state index in [1.165, 1.54) is 0 Å². The summed E-state index contributed by atoms with van der Waals surface area (Å²) < 4.78 is 1.91. The summed E-state index contributed by atoms with van der Waals surface area (Å²) in [4.78, 5) is 10.5. The van der Waals surface area contributed by atoms with E-state index in [4.69, 9.17) is 5.26 Å². The largest absolute Gasteiger partial charge is 0.336 e. The van der Waals surface area contributed by atoms with Crippen molar-refractivity contribution in [3.05, 3.63) is 36.4 Å². The number of rotatable bonds is 3. The predicted octanol–water partition coefficient (Wildman–Crippen LogP) is 1.11. The van der Waals surface area contributed by atoms with Crippen LogP contribution in [0, 0.1) is 18.3 Å². The average Bonchev–Trinajstić information content (AvgIpc) is 2.81. The maximum atomic E-state index is 9.05. The normalized spacial score (nSPS) is 16.7. The SMILES string of the molecule is Cc1cnn(C2(CC#N)CN(c3ncccn3)C2)c1. The van der Waals surface area contributed by atoms with Crippen molar-refractivity contribution in [2.75, 3.05) is 18.0 Å². The Morgan fingerprint density at radius 2 is 2.11 bits per heavy atom. The first-order valence-corrected chi connectivity index (χ1v) is 6.14. The molecular weight excluding hydrogens is 240 g/mol. The van der Waals surface area contributed by atoms with Crippen LogP contribution in [0.5, 0.6) is 0 Å². The molecule has 1 aliphatic rings. The Morgan fingerprint density at radius 3 is 2.68 bits per heavy atom. The first-order chi connectivity index (χ1) is 9.23. The molecule has 6 heteroatoms. The van der Waals surface area contributed by atoms with E-state index in [1.54, 1.807) is 18.5 Å². The van der Waals surface area contributed by atoms with E-state index in [-0.39, 0.29) is 5.54 Å². The van der Waals surface area contributed by atoms with Crippen molar-refractivity contribution in [3.63, 3.8) is 0 Å². The third-order valence-electron chi connectivity index (χ3n) is 3.41. The lowest BCUT2D eigenvalue weighted by atomic mass is 9.87. The zero-order valence-corrected chi connectivity index (χ0v) is 10.7. The molecule has 6 nitrogen and oxygen atoms in total. The summed E-state index contributed by atoms with van der Waals surface area (Å²) in [6, 6.07) is 4.06. The van der Waals surface area contributed by atoms with E-state index in [2.05, 4.69) is 26.0 Å². The standard InChI is InChI=1S/C13H14N6/c1-11-7-17-19(8-11)13(3-4-14)9-18(10-13)12-15-5-2-6-16-12/h2,5-8H,3,9-10H2,1H3. The van der Waals surface area contributed by atoms with Crippen LogP contribution in [-0.4, -0.2) is 32.8 Å². The molecule has 0 aliphatic carbocycles. The van der Waals surface area contributed by atoms with Gasteiger partial charge in [-0.3, -0.25) is 4.68 Å². The van der Waals surface area contributed by atoms with Gasteiger partial charge in [0, 0.05) is 31.7 Å². The molecule has 2 aromatic rings. The van der Waals surface area contributed by atoms with Crippen LogP contribution in [0.3, 0.4) is 0 Å². The van der Waals surface area contributed by atoms with Crippen LogP contribution in [0.2, 0.25) is 0 Å². The fourth-order valence-electron chi connectivity index (χ4n) is 2.42. The molecule has 0 saturated carbocycles. The van der Waals surface area contributed by atoms with Gasteiger partial charge < -0.3 is 4.90 Å². The lowest BCUT2D eigenvalue weighted by Crippen LogP contribution is -2.63. The van der Waals surface area contributed by atoms with E-state index < -0.39 is 0 Å². The van der Waals surface area contributed by atoms with Crippen molar-refractivity contribution in [3.8, 4) is 6.07 Å². The Hall–Kier alpha value is -2.42. The second-order valence-electron chi connectivity index (χ2n) is 4.93. The minimum absolute atomic E-state index is 0.248. The number of aromatic nitrogens is 4. The molecule has 0 unspecified atom stereocenters. The monoisotopic (exact) mass is 254 g/mol. The molecule has 1 aliphatic heterocycles. The molecule has 3 heterocycles. The Labute approximate surface area is 111 Å². The number of nitrogens with zero attached hydrogens (tertiary/aromatic N) is 6. The number of anilines is 1. The summed E-state index contributed by atoms with van der Waals surface area (Å²) >= 11 is 0. The first-order valence-electron chi connectivity index (χ1n) is 6.14. The molecule has 0 atom stereocenters. The molecule has 0 aromatic carbocycles. The molecule has 1 fully saturated rings. The minimum Gasteiger partial charge on any atom is -0.336 e. The zero-order valence-electron chi connectivity index (χ0n) is 10.7. The third kappa shape index (κ3) is 1.93. The smallest absolute Gasteiger partial charge is 0.225 e. The van der Waals surface area contributed by atoms with E-state index in [9.17, 15) is 0 Å². The topological polar surface area (TPSA) is 70.6 Å². The van der Waals surface area contributed by atoms with E-state index in [0.717, 1.165) is 5.56 Å². The molecule has 96 valence electrons. The molecule has 0 amide bonds. The molecule has 1 saturated heterocycles. The fraction of sp³-hybridized carbons (Fsp3) is 0.385. The molecular formula is C13H14N6. The summed E-state index contributed by atoms with van der Waals surface area (Å²) in [5, 5.41) is 13.4. The van der Waals surface area contributed by atoms with Crippen LogP contribution >= 0.6 is 0 Å². The van der Waals surface area contributed by atoms with Crippen molar-refractivity contribution in [1.82, 2.24) is 19.7 Å². The number of nitriles is 1. The van der Waals surface area contributed by atoms with E-state index in [1.807, 2.05) is 24.0 Å². The van der Waals surface area contributed by atoms with Crippen molar-refractivity contribution in [2.24, 2.45) is 0 Å². The van der Waals surface area contributed by atoms with Gasteiger partial charge in [0.1, 0.15) is 5.54 Å². The Morgan fingerprint density at radius 1 is 1.37 bits per heavy atom. The predicted molar refractivity (Wildman–Crippen MR) is 69.4 cm³/mol. The van der Waals surface area contributed by atoms with Crippen LogP contribution in [0.1, 0.15) is 12.0 Å². The van der Waals surface area contributed by atoms with Crippen molar-refractivity contribution in [2.45, 2.75) is 18.9 Å². The first kappa shape index (κ1) is 11.7. The van der Waals surface area contributed by atoms with Crippen LogP contribution in [0.25, 0.3) is 0 Å². The number of aryl methyl sites for hydroxylation is 1. The second kappa shape index (κ2) is 4.35. The minimum atomic E-state index is -0.248. The van der Waals surface area contributed by atoms with E-state index >= 15 is 0 Å². The molecule has 3 rings (SSSR count). The zero-order chi connectivity index (χ0) is 13.3. The summed E-state index contributed by atoms with van der Waals surface area (Å²) in [5.41, 5.74) is 0.856. The van der Waals surface area contributed by atoms with Gasteiger partial charge in [-0.05, 0) is 18.6 Å². The Bertz CT molecular complexity index is 606. The van der Waals surface area contributed by atoms with Crippen molar-refractivity contribution >= 4 is 5.95 Å². The highest BCUT2D eigenvalue weighted by Crippen LogP contribution is 2.33. The fourth-order valence-corrected chi connectivity index (χ4v) is 2.42. The molecule has 0 radical (unpaired) electrons. The average molecular weight is 254 g/mol. The van der Waals surface area contributed by atoms with Crippen LogP contribution in [0.4, 0.5) is 5.95 Å². The number of hydrogen-bond donors (Lipinski definition) is 0. The van der Waals surface area contributed by atoms with Gasteiger partial charge in [-0.15, -0.1) is 0 Å². The summed E-state index contributed by atoms with van der Waals surface area (Å²) in [7, 11) is 0. The molecule has 0 spiro atoms. The van der Waals surface area contributed by atoms with Gasteiger partial charge in [0.2, 0.25) is 5.95 Å².